The minimum absolute atomic E-state index is 0.365. The SMILES string of the molecule is Cc1cccc(NC(=O)/C=C/C(=O)O)c1C#N. The van der Waals surface area contributed by atoms with Crippen LogP contribution < -0.4 is 5.32 Å². The van der Waals surface area contributed by atoms with E-state index in [-0.39, 0.29) is 0 Å². The third kappa shape index (κ3) is 3.47. The lowest BCUT2D eigenvalue weighted by molar-refractivity contribution is -0.131. The van der Waals surface area contributed by atoms with Gasteiger partial charge in [0, 0.05) is 12.2 Å². The molecule has 0 fully saturated rings. The van der Waals surface area contributed by atoms with Gasteiger partial charge in [-0.3, -0.25) is 4.79 Å². The molecule has 0 saturated heterocycles. The van der Waals surface area contributed by atoms with Crippen LogP contribution in [-0.4, -0.2) is 17.0 Å². The maximum Gasteiger partial charge on any atom is 0.328 e. The maximum atomic E-state index is 11.3. The van der Waals surface area contributed by atoms with Gasteiger partial charge in [-0.05, 0) is 18.6 Å². The smallest absolute Gasteiger partial charge is 0.328 e. The van der Waals surface area contributed by atoms with Crippen LogP contribution in [-0.2, 0) is 9.59 Å². The summed E-state index contributed by atoms with van der Waals surface area (Å²) < 4.78 is 0. The van der Waals surface area contributed by atoms with Gasteiger partial charge in [0.25, 0.3) is 0 Å². The molecule has 0 bridgehead atoms. The first-order chi connectivity index (χ1) is 8.04. The second-order valence-corrected chi connectivity index (χ2v) is 3.27. The van der Waals surface area contributed by atoms with Crippen LogP contribution in [0.4, 0.5) is 5.69 Å². The van der Waals surface area contributed by atoms with Crippen molar-refractivity contribution in [3.8, 4) is 6.07 Å². The van der Waals surface area contributed by atoms with Gasteiger partial charge in [0.1, 0.15) is 6.07 Å². The molecule has 0 aliphatic rings. The highest BCUT2D eigenvalue weighted by atomic mass is 16.4. The minimum Gasteiger partial charge on any atom is -0.478 e. The normalized spacial score (nSPS) is 9.88. The number of carboxylic acid groups (broad SMARTS) is 1. The molecule has 0 aliphatic heterocycles. The van der Waals surface area contributed by atoms with Gasteiger partial charge in [-0.15, -0.1) is 0 Å². The predicted molar refractivity (Wildman–Crippen MR) is 61.3 cm³/mol. The Morgan fingerprint density at radius 3 is 2.71 bits per heavy atom. The Labute approximate surface area is 98.0 Å². The molecule has 0 spiro atoms. The molecule has 0 aliphatic carbocycles. The van der Waals surface area contributed by atoms with Crippen LogP contribution >= 0.6 is 0 Å². The first kappa shape index (κ1) is 12.5. The lowest BCUT2D eigenvalue weighted by atomic mass is 10.1. The molecule has 17 heavy (non-hydrogen) atoms. The summed E-state index contributed by atoms with van der Waals surface area (Å²) in [7, 11) is 0. The Morgan fingerprint density at radius 2 is 2.12 bits per heavy atom. The van der Waals surface area contributed by atoms with Crippen molar-refractivity contribution in [1.29, 1.82) is 5.26 Å². The second-order valence-electron chi connectivity index (χ2n) is 3.27. The Bertz CT molecular complexity index is 527. The summed E-state index contributed by atoms with van der Waals surface area (Å²) in [6, 6.07) is 7.01. The zero-order valence-electron chi connectivity index (χ0n) is 9.10. The van der Waals surface area contributed by atoms with E-state index in [0.29, 0.717) is 11.3 Å². The van der Waals surface area contributed by atoms with Crippen molar-refractivity contribution in [3.05, 3.63) is 41.5 Å². The maximum absolute atomic E-state index is 11.3. The van der Waals surface area contributed by atoms with E-state index in [0.717, 1.165) is 17.7 Å². The van der Waals surface area contributed by atoms with Crippen LogP contribution in [0.15, 0.2) is 30.4 Å². The quantitative estimate of drug-likeness (QED) is 0.769. The number of nitriles is 1. The minimum atomic E-state index is -1.20. The highest BCUT2D eigenvalue weighted by molar-refractivity contribution is 6.03. The van der Waals surface area contributed by atoms with Crippen LogP contribution in [0.2, 0.25) is 0 Å². The second kappa shape index (κ2) is 5.47. The Hall–Kier alpha value is -2.61. The largest absolute Gasteiger partial charge is 0.478 e. The average molecular weight is 230 g/mol. The molecular formula is C12H10N2O3. The monoisotopic (exact) mass is 230 g/mol. The summed E-state index contributed by atoms with van der Waals surface area (Å²) in [6.45, 7) is 1.75. The number of hydrogen-bond donors (Lipinski definition) is 2. The van der Waals surface area contributed by atoms with Crippen molar-refractivity contribution in [1.82, 2.24) is 0 Å². The fraction of sp³-hybridized carbons (Fsp3) is 0.0833. The molecule has 1 rings (SSSR count). The number of carbonyl (C=O) groups excluding carboxylic acids is 1. The van der Waals surface area contributed by atoms with Gasteiger partial charge in [0.05, 0.1) is 11.3 Å². The Kier molecular flexibility index (Phi) is 4.01. The number of hydrogen-bond acceptors (Lipinski definition) is 3. The molecule has 2 N–H and O–H groups in total. The average Bonchev–Trinajstić information content (AvgIpc) is 2.27. The molecule has 0 atom stereocenters. The van der Waals surface area contributed by atoms with Crippen LogP contribution in [0.1, 0.15) is 11.1 Å². The number of rotatable bonds is 3. The summed E-state index contributed by atoms with van der Waals surface area (Å²) in [5.41, 5.74) is 1.48. The van der Waals surface area contributed by atoms with Crippen molar-refractivity contribution < 1.29 is 14.7 Å². The lowest BCUT2D eigenvalue weighted by Gasteiger charge is -2.06. The van der Waals surface area contributed by atoms with Crippen LogP contribution in [0.3, 0.4) is 0 Å². The third-order valence-electron chi connectivity index (χ3n) is 2.02. The van der Waals surface area contributed by atoms with Gasteiger partial charge in [0.2, 0.25) is 5.91 Å². The van der Waals surface area contributed by atoms with E-state index in [1.165, 1.54) is 0 Å². The van der Waals surface area contributed by atoms with E-state index in [1.807, 2.05) is 6.07 Å². The molecule has 0 unspecified atom stereocenters. The number of benzene rings is 1. The summed E-state index contributed by atoms with van der Waals surface area (Å²) in [4.78, 5) is 21.5. The van der Waals surface area contributed by atoms with E-state index in [2.05, 4.69) is 5.32 Å². The van der Waals surface area contributed by atoms with Gasteiger partial charge in [-0.1, -0.05) is 12.1 Å². The van der Waals surface area contributed by atoms with E-state index in [9.17, 15) is 9.59 Å². The topological polar surface area (TPSA) is 90.2 Å². The molecule has 0 aromatic heterocycles. The van der Waals surface area contributed by atoms with E-state index >= 15 is 0 Å². The number of anilines is 1. The zero-order chi connectivity index (χ0) is 12.8. The Morgan fingerprint density at radius 1 is 1.41 bits per heavy atom. The van der Waals surface area contributed by atoms with E-state index in [4.69, 9.17) is 10.4 Å². The summed E-state index contributed by atoms with van der Waals surface area (Å²) in [6.07, 6.45) is 1.63. The number of carbonyl (C=O) groups is 2. The summed E-state index contributed by atoms with van der Waals surface area (Å²) in [5.74, 6) is -1.79. The predicted octanol–water partition coefficient (Wildman–Crippen LogP) is 1.45. The highest BCUT2D eigenvalue weighted by Gasteiger charge is 2.06. The molecular weight excluding hydrogens is 220 g/mol. The zero-order valence-corrected chi connectivity index (χ0v) is 9.10. The summed E-state index contributed by atoms with van der Waals surface area (Å²) >= 11 is 0. The summed E-state index contributed by atoms with van der Waals surface area (Å²) in [5, 5.41) is 19.7. The van der Waals surface area contributed by atoms with E-state index < -0.39 is 11.9 Å². The molecule has 1 amide bonds. The highest BCUT2D eigenvalue weighted by Crippen LogP contribution is 2.18. The molecule has 5 heteroatoms. The molecule has 1 aromatic carbocycles. The lowest BCUT2D eigenvalue weighted by Crippen LogP contribution is -2.10. The van der Waals surface area contributed by atoms with Crippen LogP contribution in [0.25, 0.3) is 0 Å². The van der Waals surface area contributed by atoms with Crippen molar-refractivity contribution in [2.45, 2.75) is 6.92 Å². The van der Waals surface area contributed by atoms with Gasteiger partial charge < -0.3 is 10.4 Å². The van der Waals surface area contributed by atoms with Gasteiger partial charge in [-0.25, -0.2) is 4.79 Å². The van der Waals surface area contributed by atoms with Gasteiger partial charge >= 0.3 is 5.97 Å². The van der Waals surface area contributed by atoms with E-state index in [1.54, 1.807) is 25.1 Å². The molecule has 86 valence electrons. The number of aliphatic carboxylic acids is 1. The fourth-order valence-corrected chi connectivity index (χ4v) is 1.24. The first-order valence-corrected chi connectivity index (χ1v) is 4.76. The number of nitrogens with one attached hydrogen (secondary N) is 1. The van der Waals surface area contributed by atoms with Crippen molar-refractivity contribution >= 4 is 17.6 Å². The van der Waals surface area contributed by atoms with Crippen molar-refractivity contribution in [2.24, 2.45) is 0 Å². The molecule has 0 heterocycles. The van der Waals surface area contributed by atoms with Crippen LogP contribution in [0, 0.1) is 18.3 Å². The fourth-order valence-electron chi connectivity index (χ4n) is 1.24. The van der Waals surface area contributed by atoms with Crippen LogP contribution in [0.5, 0.6) is 0 Å². The molecule has 0 saturated carbocycles. The number of carboxylic acids is 1. The third-order valence-corrected chi connectivity index (χ3v) is 2.02. The van der Waals surface area contributed by atoms with Crippen molar-refractivity contribution in [3.63, 3.8) is 0 Å². The molecule has 5 nitrogen and oxygen atoms in total. The van der Waals surface area contributed by atoms with Crippen molar-refractivity contribution in [2.75, 3.05) is 5.32 Å². The Balaban J connectivity index is 2.90. The van der Waals surface area contributed by atoms with Gasteiger partial charge in [0.15, 0.2) is 0 Å². The van der Waals surface area contributed by atoms with Gasteiger partial charge in [-0.2, -0.15) is 5.26 Å². The molecule has 0 radical (unpaired) electrons. The standard InChI is InChI=1S/C12H10N2O3/c1-8-3-2-4-10(9(8)7-13)14-11(15)5-6-12(16)17/h2-6H,1H3,(H,14,15)(H,16,17)/b6-5+. The number of amides is 1. The molecule has 1 aromatic rings. The number of aryl methyl sites for hydroxylation is 1. The first-order valence-electron chi connectivity index (χ1n) is 4.76. The number of nitrogens with zero attached hydrogens (tertiary/aromatic N) is 1.